The van der Waals surface area contributed by atoms with Crippen molar-refractivity contribution in [1.82, 2.24) is 9.78 Å². The molecule has 0 amide bonds. The van der Waals surface area contributed by atoms with Crippen LogP contribution in [0, 0.1) is 0 Å². The molecule has 78 valence electrons. The summed E-state index contributed by atoms with van der Waals surface area (Å²) in [5, 5.41) is 4.25. The van der Waals surface area contributed by atoms with Gasteiger partial charge in [-0.15, -0.1) is 5.10 Å². The Morgan fingerprint density at radius 3 is 2.47 bits per heavy atom. The summed E-state index contributed by atoms with van der Waals surface area (Å²) in [6, 6.07) is 10.2. The van der Waals surface area contributed by atoms with Crippen molar-refractivity contribution in [3.8, 4) is 11.6 Å². The van der Waals surface area contributed by atoms with Crippen LogP contribution >= 0.6 is 0 Å². The standard InChI is InChI=1S/C12H14N2O/c1-3-10-4-6-11(7-5-10)14-9-8-12(13-14)15-2/h4-9H,3H2,1-2H3. The summed E-state index contributed by atoms with van der Waals surface area (Å²) >= 11 is 0. The minimum Gasteiger partial charge on any atom is -0.480 e. The number of aryl methyl sites for hydroxylation is 1. The summed E-state index contributed by atoms with van der Waals surface area (Å²) in [5.41, 5.74) is 2.38. The highest BCUT2D eigenvalue weighted by Crippen LogP contribution is 2.12. The van der Waals surface area contributed by atoms with Crippen LogP contribution in [0.1, 0.15) is 12.5 Å². The summed E-state index contributed by atoms with van der Waals surface area (Å²) in [7, 11) is 1.62. The smallest absolute Gasteiger partial charge is 0.232 e. The highest BCUT2D eigenvalue weighted by atomic mass is 16.5. The van der Waals surface area contributed by atoms with Crippen LogP contribution in [0.25, 0.3) is 5.69 Å². The molecule has 1 aromatic carbocycles. The van der Waals surface area contributed by atoms with Crippen molar-refractivity contribution in [2.45, 2.75) is 13.3 Å². The van der Waals surface area contributed by atoms with Crippen LogP contribution in [-0.2, 0) is 6.42 Å². The van der Waals surface area contributed by atoms with Gasteiger partial charge in [-0.1, -0.05) is 19.1 Å². The van der Waals surface area contributed by atoms with Gasteiger partial charge in [-0.25, -0.2) is 4.68 Å². The molecule has 1 aromatic heterocycles. The van der Waals surface area contributed by atoms with E-state index in [2.05, 4.69) is 36.3 Å². The third kappa shape index (κ3) is 2.01. The second kappa shape index (κ2) is 4.17. The van der Waals surface area contributed by atoms with Crippen molar-refractivity contribution >= 4 is 0 Å². The zero-order chi connectivity index (χ0) is 10.7. The highest BCUT2D eigenvalue weighted by molar-refractivity contribution is 5.34. The third-order valence-electron chi connectivity index (χ3n) is 2.38. The van der Waals surface area contributed by atoms with Gasteiger partial charge in [-0.2, -0.15) is 0 Å². The Hall–Kier alpha value is -1.77. The molecule has 0 saturated carbocycles. The molecule has 0 aliphatic rings. The molecular formula is C12H14N2O. The number of aromatic nitrogens is 2. The lowest BCUT2D eigenvalue weighted by molar-refractivity contribution is 0.394. The van der Waals surface area contributed by atoms with Gasteiger partial charge >= 0.3 is 0 Å². The van der Waals surface area contributed by atoms with Gasteiger partial charge in [0.25, 0.3) is 0 Å². The highest BCUT2D eigenvalue weighted by Gasteiger charge is 2.00. The molecule has 2 aromatic rings. The number of nitrogens with zero attached hydrogens (tertiary/aromatic N) is 2. The number of rotatable bonds is 3. The number of hydrogen-bond acceptors (Lipinski definition) is 2. The molecule has 3 heteroatoms. The Labute approximate surface area is 89.3 Å². The van der Waals surface area contributed by atoms with E-state index < -0.39 is 0 Å². The first kappa shape index (κ1) is 9.77. The Bertz CT molecular complexity index is 431. The maximum absolute atomic E-state index is 5.03. The fourth-order valence-corrected chi connectivity index (χ4v) is 1.44. The van der Waals surface area contributed by atoms with Crippen molar-refractivity contribution < 1.29 is 4.74 Å². The first-order valence-electron chi connectivity index (χ1n) is 5.02. The first-order valence-corrected chi connectivity index (χ1v) is 5.02. The molecule has 0 radical (unpaired) electrons. The topological polar surface area (TPSA) is 27.1 Å². The van der Waals surface area contributed by atoms with Gasteiger partial charge in [0.2, 0.25) is 5.88 Å². The molecule has 3 nitrogen and oxygen atoms in total. The van der Waals surface area contributed by atoms with Crippen LogP contribution in [0.3, 0.4) is 0 Å². The van der Waals surface area contributed by atoms with E-state index in [0.717, 1.165) is 12.1 Å². The zero-order valence-corrected chi connectivity index (χ0v) is 8.97. The molecule has 0 aliphatic heterocycles. The van der Waals surface area contributed by atoms with Crippen molar-refractivity contribution in [1.29, 1.82) is 0 Å². The Balaban J connectivity index is 2.28. The summed E-state index contributed by atoms with van der Waals surface area (Å²) in [6.07, 6.45) is 2.95. The van der Waals surface area contributed by atoms with Gasteiger partial charge in [-0.3, -0.25) is 0 Å². The van der Waals surface area contributed by atoms with Gasteiger partial charge in [0, 0.05) is 12.3 Å². The molecular weight excluding hydrogens is 188 g/mol. The molecule has 15 heavy (non-hydrogen) atoms. The average molecular weight is 202 g/mol. The van der Waals surface area contributed by atoms with Gasteiger partial charge in [0.05, 0.1) is 12.8 Å². The largest absolute Gasteiger partial charge is 0.480 e. The van der Waals surface area contributed by atoms with E-state index >= 15 is 0 Å². The van der Waals surface area contributed by atoms with E-state index in [1.54, 1.807) is 11.8 Å². The maximum atomic E-state index is 5.03. The second-order valence-corrected chi connectivity index (χ2v) is 3.32. The molecule has 0 bridgehead atoms. The van der Waals surface area contributed by atoms with Crippen molar-refractivity contribution in [3.63, 3.8) is 0 Å². The number of methoxy groups -OCH3 is 1. The monoisotopic (exact) mass is 202 g/mol. The van der Waals surface area contributed by atoms with E-state index in [9.17, 15) is 0 Å². The molecule has 1 heterocycles. The minimum atomic E-state index is 0.634. The van der Waals surface area contributed by atoms with Crippen LogP contribution in [0.4, 0.5) is 0 Å². The molecule has 0 atom stereocenters. The Kier molecular flexibility index (Phi) is 2.72. The predicted molar refractivity (Wildman–Crippen MR) is 59.5 cm³/mol. The number of benzene rings is 1. The lowest BCUT2D eigenvalue weighted by Crippen LogP contribution is -1.95. The van der Waals surface area contributed by atoms with Gasteiger partial charge in [0.1, 0.15) is 0 Å². The van der Waals surface area contributed by atoms with Crippen molar-refractivity contribution in [3.05, 3.63) is 42.1 Å². The lowest BCUT2D eigenvalue weighted by Gasteiger charge is -2.02. The molecule has 0 unspecified atom stereocenters. The molecule has 0 N–H and O–H groups in total. The van der Waals surface area contributed by atoms with Crippen LogP contribution in [-0.4, -0.2) is 16.9 Å². The number of ether oxygens (including phenoxy) is 1. The van der Waals surface area contributed by atoms with E-state index in [-0.39, 0.29) is 0 Å². The molecule has 2 rings (SSSR count). The van der Waals surface area contributed by atoms with Crippen molar-refractivity contribution in [2.24, 2.45) is 0 Å². The van der Waals surface area contributed by atoms with Crippen LogP contribution in [0.2, 0.25) is 0 Å². The normalized spacial score (nSPS) is 10.3. The quantitative estimate of drug-likeness (QED) is 0.764. The van der Waals surface area contributed by atoms with E-state index in [0.29, 0.717) is 5.88 Å². The third-order valence-corrected chi connectivity index (χ3v) is 2.38. The maximum Gasteiger partial charge on any atom is 0.232 e. The SMILES string of the molecule is CCc1ccc(-n2ccc(OC)n2)cc1. The fourth-order valence-electron chi connectivity index (χ4n) is 1.44. The fraction of sp³-hybridized carbons (Fsp3) is 0.250. The Morgan fingerprint density at radius 1 is 1.20 bits per heavy atom. The summed E-state index contributed by atoms with van der Waals surface area (Å²) < 4.78 is 6.83. The molecule has 0 aliphatic carbocycles. The van der Waals surface area contributed by atoms with E-state index in [4.69, 9.17) is 4.74 Å². The lowest BCUT2D eigenvalue weighted by atomic mass is 10.1. The first-order chi connectivity index (χ1) is 7.33. The van der Waals surface area contributed by atoms with E-state index in [1.165, 1.54) is 5.56 Å². The van der Waals surface area contributed by atoms with Gasteiger partial charge in [0.15, 0.2) is 0 Å². The van der Waals surface area contributed by atoms with Crippen LogP contribution in [0.15, 0.2) is 36.5 Å². The van der Waals surface area contributed by atoms with Crippen molar-refractivity contribution in [2.75, 3.05) is 7.11 Å². The second-order valence-electron chi connectivity index (χ2n) is 3.32. The van der Waals surface area contributed by atoms with Crippen LogP contribution in [0.5, 0.6) is 5.88 Å². The summed E-state index contributed by atoms with van der Waals surface area (Å²) in [5.74, 6) is 0.634. The molecule has 0 fully saturated rings. The zero-order valence-electron chi connectivity index (χ0n) is 8.97. The van der Waals surface area contributed by atoms with Gasteiger partial charge in [-0.05, 0) is 24.1 Å². The number of hydrogen-bond donors (Lipinski definition) is 0. The minimum absolute atomic E-state index is 0.634. The average Bonchev–Trinajstić information content (AvgIpc) is 2.78. The summed E-state index contributed by atoms with van der Waals surface area (Å²) in [4.78, 5) is 0. The Morgan fingerprint density at radius 2 is 1.93 bits per heavy atom. The summed E-state index contributed by atoms with van der Waals surface area (Å²) in [6.45, 7) is 2.14. The van der Waals surface area contributed by atoms with Gasteiger partial charge < -0.3 is 4.74 Å². The van der Waals surface area contributed by atoms with Crippen LogP contribution < -0.4 is 4.74 Å². The molecule has 0 spiro atoms. The van der Waals surface area contributed by atoms with E-state index in [1.807, 2.05) is 12.3 Å². The molecule has 0 saturated heterocycles. The predicted octanol–water partition coefficient (Wildman–Crippen LogP) is 2.44.